The first-order valence-corrected chi connectivity index (χ1v) is 25.6. The van der Waals surface area contributed by atoms with E-state index in [0.717, 1.165) is 48.8 Å². The van der Waals surface area contributed by atoms with Crippen LogP contribution in [-0.4, -0.2) is 132 Å². The van der Waals surface area contributed by atoms with E-state index in [4.69, 9.17) is 26.1 Å². The highest BCUT2D eigenvalue weighted by molar-refractivity contribution is 8.12. The van der Waals surface area contributed by atoms with Crippen LogP contribution in [0.1, 0.15) is 102 Å². The Hall–Kier alpha value is -5.18. The molecule has 2 aromatic carbocycles. The number of aliphatic hydroxyl groups is 1. The van der Waals surface area contributed by atoms with Crippen LogP contribution in [0.25, 0.3) is 5.70 Å². The Morgan fingerprint density at radius 3 is 2.33 bits per heavy atom. The molecule has 2 unspecified atom stereocenters. The summed E-state index contributed by atoms with van der Waals surface area (Å²) in [6.07, 6.45) is 0.991. The number of piperazine rings is 1. The zero-order valence-corrected chi connectivity index (χ0v) is 43.6. The Morgan fingerprint density at radius 2 is 1.73 bits per heavy atom. The second-order valence-corrected chi connectivity index (χ2v) is 22.8. The highest BCUT2D eigenvalue weighted by Gasteiger charge is 2.64. The second-order valence-electron chi connectivity index (χ2n) is 21.4. The predicted octanol–water partition coefficient (Wildman–Crippen LogP) is 6.76. The molecule has 1 aliphatic carbocycles. The van der Waals surface area contributed by atoms with Gasteiger partial charge in [0.25, 0.3) is 0 Å². The number of ether oxygens (including phenoxy) is 2. The number of carbonyl (C=O) groups excluding carboxylic acids is 3. The van der Waals surface area contributed by atoms with Crippen molar-refractivity contribution in [2.75, 3.05) is 57.4 Å². The van der Waals surface area contributed by atoms with Gasteiger partial charge in [0, 0.05) is 86.1 Å². The average molecular weight is 997 g/mol. The first-order valence-electron chi connectivity index (χ1n) is 24.3. The number of anilines is 1. The minimum absolute atomic E-state index is 0.00390. The molecular formula is C53H70ClN9O6S. The quantitative estimate of drug-likeness (QED) is 0.104. The lowest BCUT2D eigenvalue weighted by Crippen LogP contribution is -2.73. The molecular weight excluding hydrogens is 926 g/mol. The second kappa shape index (κ2) is 21.7. The maximum absolute atomic E-state index is 14.2. The van der Waals surface area contributed by atoms with Crippen molar-refractivity contribution in [2.24, 2.45) is 21.2 Å². The number of aliphatic imine (C=N–C) groups is 1. The van der Waals surface area contributed by atoms with Crippen LogP contribution in [0.15, 0.2) is 72.4 Å². The van der Waals surface area contributed by atoms with Crippen LogP contribution in [0.2, 0.25) is 5.02 Å². The van der Waals surface area contributed by atoms with Crippen LogP contribution < -0.4 is 25.6 Å². The summed E-state index contributed by atoms with van der Waals surface area (Å²) in [7, 11) is 0. The molecule has 376 valence electrons. The van der Waals surface area contributed by atoms with Gasteiger partial charge in [0.1, 0.15) is 42.4 Å². The van der Waals surface area contributed by atoms with Crippen molar-refractivity contribution >= 4 is 58.1 Å². The number of hydrogen-bond acceptors (Lipinski definition) is 13. The normalized spacial score (nSPS) is 24.8. The molecule has 1 saturated carbocycles. The third kappa shape index (κ3) is 11.8. The average Bonchev–Trinajstić information content (AvgIpc) is 3.95. The molecule has 3 aliphatic heterocycles. The maximum Gasteiger partial charge on any atom is 0.246 e. The number of aromatic nitrogens is 1. The van der Waals surface area contributed by atoms with E-state index in [2.05, 4.69) is 90.1 Å². The zero-order chi connectivity index (χ0) is 50.7. The van der Waals surface area contributed by atoms with Gasteiger partial charge >= 0.3 is 0 Å². The van der Waals surface area contributed by atoms with Crippen molar-refractivity contribution in [1.29, 1.82) is 5.26 Å². The van der Waals surface area contributed by atoms with Gasteiger partial charge in [0.2, 0.25) is 17.7 Å². The lowest BCUT2D eigenvalue weighted by atomic mass is 9.49. The van der Waals surface area contributed by atoms with Gasteiger partial charge in [0.05, 0.1) is 46.2 Å². The summed E-state index contributed by atoms with van der Waals surface area (Å²) in [6, 6.07) is 17.6. The summed E-state index contributed by atoms with van der Waals surface area (Å²) >= 11 is 7.99. The van der Waals surface area contributed by atoms with Crippen LogP contribution in [0.3, 0.4) is 0 Å². The monoisotopic (exact) mass is 995 g/mol. The van der Waals surface area contributed by atoms with Gasteiger partial charge in [-0.25, -0.2) is 4.98 Å². The number of rotatable bonds is 17. The first-order chi connectivity index (χ1) is 33.1. The number of nitriles is 1. The zero-order valence-electron chi connectivity index (χ0n) is 42.0. The van der Waals surface area contributed by atoms with E-state index < -0.39 is 35.4 Å². The molecule has 7 rings (SSSR count). The lowest BCUT2D eigenvalue weighted by Gasteiger charge is -2.63. The molecule has 4 aliphatic rings. The van der Waals surface area contributed by atoms with Crippen molar-refractivity contribution < 1.29 is 29.0 Å². The largest absolute Gasteiger partial charge is 0.489 e. The van der Waals surface area contributed by atoms with E-state index >= 15 is 0 Å². The number of carbonyl (C=O) groups is 3. The molecule has 0 bridgehead atoms. The number of nitrogens with one attached hydrogen (secondary N) is 3. The molecule has 4 N–H and O–H groups in total. The number of pyridine rings is 1. The van der Waals surface area contributed by atoms with Gasteiger partial charge in [-0.3, -0.25) is 24.3 Å². The number of hydrogen-bond donors (Lipinski definition) is 4. The highest BCUT2D eigenvalue weighted by Crippen LogP contribution is 2.56. The standard InChI is InChI=1S/C53H70ClN9O6S/c1-32(35-11-13-36(14-12-35)45-34(3)57-31-70-45)58-47(66)42-25-39(64)29-63(42)48(67)46(51(4,5)6)60-44(65)30-68-24-23-61-19-21-62(22-20-61)43-18-16-38(28-56-43)33(2)59-49-52(7,8)50(53(49,9)10)69-40-17-15-37(27-55)41(54)26-40/h11-18,26,28,31-32,34,39,42,45-46,49-50,59,64H,2,19-25,29-30H2,1,3-10H3,(H,58,66)(H,60,65)/t32-,34?,39+,42-,45?,46+,49?,50?/m0/s1. The predicted molar refractivity (Wildman–Crippen MR) is 277 cm³/mol. The Labute approximate surface area is 422 Å². The van der Waals surface area contributed by atoms with E-state index in [1.165, 1.54) is 10.5 Å². The number of thioether (sulfide) groups is 1. The number of benzene rings is 2. The molecule has 3 fully saturated rings. The van der Waals surface area contributed by atoms with E-state index in [9.17, 15) is 24.8 Å². The van der Waals surface area contributed by atoms with Crippen molar-refractivity contribution in [2.45, 2.75) is 116 Å². The fraction of sp³-hybridized carbons (Fsp3) is 0.547. The first kappa shape index (κ1) is 52.6. The van der Waals surface area contributed by atoms with E-state index in [1.807, 2.05) is 63.7 Å². The van der Waals surface area contributed by atoms with Crippen molar-refractivity contribution in [1.82, 2.24) is 30.7 Å². The van der Waals surface area contributed by atoms with E-state index in [-0.39, 0.29) is 65.8 Å². The van der Waals surface area contributed by atoms with E-state index in [1.54, 1.807) is 30.0 Å². The summed E-state index contributed by atoms with van der Waals surface area (Å²) in [5.41, 5.74) is 4.94. The molecule has 17 heteroatoms. The van der Waals surface area contributed by atoms with Crippen LogP contribution in [0.5, 0.6) is 5.75 Å². The molecule has 0 spiro atoms. The number of amides is 3. The van der Waals surface area contributed by atoms with Crippen LogP contribution in [0, 0.1) is 27.6 Å². The fourth-order valence-electron chi connectivity index (χ4n) is 10.6. The Morgan fingerprint density at radius 1 is 1.03 bits per heavy atom. The number of halogens is 1. The Bertz CT molecular complexity index is 2430. The number of likely N-dealkylation sites (tertiary alicyclic amines) is 1. The third-order valence-electron chi connectivity index (χ3n) is 14.4. The topological polar surface area (TPSA) is 185 Å². The number of aliphatic hydroxyl groups excluding tert-OH is 1. The summed E-state index contributed by atoms with van der Waals surface area (Å²) < 4.78 is 12.3. The number of nitrogens with zero attached hydrogens (tertiary/aromatic N) is 6. The highest BCUT2D eigenvalue weighted by atomic mass is 35.5. The summed E-state index contributed by atoms with van der Waals surface area (Å²) in [5, 5.41) is 30.2. The number of β-amino-alcohol motifs (C(OH)–C–C–N with tert-alkyl or cyclic N) is 1. The minimum atomic E-state index is -0.947. The molecule has 2 saturated heterocycles. The molecule has 0 radical (unpaired) electrons. The smallest absolute Gasteiger partial charge is 0.246 e. The summed E-state index contributed by atoms with van der Waals surface area (Å²) in [5.74, 6) is 0.329. The summed E-state index contributed by atoms with van der Waals surface area (Å²) in [4.78, 5) is 56.3. The lowest BCUT2D eigenvalue weighted by molar-refractivity contribution is -0.163. The fourth-order valence-corrected chi connectivity index (χ4v) is 11.8. The van der Waals surface area contributed by atoms with Crippen molar-refractivity contribution in [3.05, 3.63) is 94.6 Å². The van der Waals surface area contributed by atoms with Gasteiger partial charge in [-0.2, -0.15) is 5.26 Å². The molecule has 3 amide bonds. The summed E-state index contributed by atoms with van der Waals surface area (Å²) in [6.45, 7) is 26.6. The van der Waals surface area contributed by atoms with E-state index in [0.29, 0.717) is 29.5 Å². The molecule has 15 nitrogen and oxygen atoms in total. The molecule has 70 heavy (non-hydrogen) atoms. The Kier molecular flexibility index (Phi) is 16.3. The van der Waals surface area contributed by atoms with Crippen molar-refractivity contribution in [3.63, 3.8) is 0 Å². The molecule has 6 atom stereocenters. The van der Waals surface area contributed by atoms with Crippen LogP contribution in [-0.2, 0) is 19.1 Å². The SMILES string of the molecule is C=C(NC1C(C)(C)C(Oc2ccc(C#N)c(Cl)c2)C1(C)C)c1ccc(N2CCN(CCOCC(=O)N[C@H](C(=O)N3C[C@H](O)C[C@H]3C(=O)N[C@@H](C)c3ccc(C4SC=NC4C)cc3)C(C)(C)C)CC2)nc1. The Balaban J connectivity index is 0.828. The molecule has 1 aromatic heterocycles. The third-order valence-corrected chi connectivity index (χ3v) is 15.9. The van der Waals surface area contributed by atoms with Crippen LogP contribution >= 0.6 is 23.4 Å². The minimum Gasteiger partial charge on any atom is -0.489 e. The van der Waals surface area contributed by atoms with Crippen molar-refractivity contribution in [3.8, 4) is 11.8 Å². The van der Waals surface area contributed by atoms with Gasteiger partial charge in [-0.1, -0.05) is 90.9 Å². The maximum atomic E-state index is 14.2. The van der Waals surface area contributed by atoms with Gasteiger partial charge in [0.15, 0.2) is 0 Å². The molecule has 4 heterocycles. The van der Waals surface area contributed by atoms with Gasteiger partial charge < -0.3 is 40.3 Å². The van der Waals surface area contributed by atoms with Crippen LogP contribution in [0.4, 0.5) is 5.82 Å². The van der Waals surface area contributed by atoms with Gasteiger partial charge in [-0.15, -0.1) is 11.8 Å². The van der Waals surface area contributed by atoms with Gasteiger partial charge in [-0.05, 0) is 54.7 Å². The molecule has 3 aromatic rings.